The molecule has 11 nitrogen and oxygen atoms in total. The molecule has 0 saturated carbocycles. The molecule has 300 valence electrons. The minimum absolute atomic E-state index is 0.0950. The molecule has 5 aliphatic rings. The number of imide groups is 1. The topological polar surface area (TPSA) is 115 Å². The minimum atomic E-state index is -0.407. The van der Waals surface area contributed by atoms with Gasteiger partial charge in [0, 0.05) is 101 Å². The largest absolute Gasteiger partial charge is 0.374 e. The van der Waals surface area contributed by atoms with Crippen LogP contribution >= 0.6 is 11.6 Å². The average molecular weight is 795 g/mol. The van der Waals surface area contributed by atoms with Crippen molar-refractivity contribution in [2.45, 2.75) is 64.0 Å². The number of hydrogen-bond acceptors (Lipinski definition) is 9. The van der Waals surface area contributed by atoms with Crippen LogP contribution in [0.1, 0.15) is 67.8 Å². The summed E-state index contributed by atoms with van der Waals surface area (Å²) in [4.78, 5) is 48.6. The van der Waals surface area contributed by atoms with Crippen LogP contribution in [0.3, 0.4) is 0 Å². The summed E-state index contributed by atoms with van der Waals surface area (Å²) in [6.07, 6.45) is 5.69. The molecule has 0 bridgehead atoms. The van der Waals surface area contributed by atoms with Crippen LogP contribution in [0.2, 0.25) is 5.02 Å². The Balaban J connectivity index is 0.778. The van der Waals surface area contributed by atoms with Crippen molar-refractivity contribution in [1.29, 1.82) is 5.26 Å². The second-order valence-electron chi connectivity index (χ2n) is 16.8. The third-order valence-electron chi connectivity index (χ3n) is 13.1. The first-order chi connectivity index (χ1) is 27.6. The number of halogens is 2. The van der Waals surface area contributed by atoms with Crippen molar-refractivity contribution < 1.29 is 18.8 Å². The molecule has 3 amide bonds. The van der Waals surface area contributed by atoms with Gasteiger partial charge in [-0.3, -0.25) is 24.6 Å². The summed E-state index contributed by atoms with van der Waals surface area (Å²) >= 11 is 6.36. The maximum absolute atomic E-state index is 15.7. The number of piperidine rings is 3. The lowest BCUT2D eigenvalue weighted by Gasteiger charge is -2.40. The molecule has 57 heavy (non-hydrogen) atoms. The molecule has 2 N–H and O–H groups in total. The van der Waals surface area contributed by atoms with Gasteiger partial charge in [0.1, 0.15) is 17.9 Å². The summed E-state index contributed by atoms with van der Waals surface area (Å²) in [5, 5.41) is 15.5. The van der Waals surface area contributed by atoms with Gasteiger partial charge in [-0.25, -0.2) is 4.39 Å². The molecule has 2 atom stereocenters. The number of amides is 3. The number of carbonyl (C=O) groups is 3. The van der Waals surface area contributed by atoms with Gasteiger partial charge in [0.05, 0.1) is 16.3 Å². The molecule has 5 aliphatic heterocycles. The van der Waals surface area contributed by atoms with E-state index in [-0.39, 0.29) is 29.0 Å². The summed E-state index contributed by atoms with van der Waals surface area (Å²) in [6.45, 7) is 10.8. The zero-order valence-electron chi connectivity index (χ0n) is 32.7. The Morgan fingerprint density at radius 2 is 1.70 bits per heavy atom. The van der Waals surface area contributed by atoms with E-state index in [0.29, 0.717) is 59.7 Å². The van der Waals surface area contributed by atoms with E-state index in [9.17, 15) is 19.6 Å². The molecule has 1 spiro atoms. The molecular formula is C44H52ClFN8O3. The van der Waals surface area contributed by atoms with Crippen LogP contribution in [0.5, 0.6) is 0 Å². The highest BCUT2D eigenvalue weighted by molar-refractivity contribution is 6.32. The number of likely N-dealkylation sites (tertiary alicyclic amines) is 1. The van der Waals surface area contributed by atoms with Crippen molar-refractivity contribution in [1.82, 2.24) is 15.1 Å². The highest BCUT2D eigenvalue weighted by Gasteiger charge is 2.44. The summed E-state index contributed by atoms with van der Waals surface area (Å²) in [5.41, 5.74) is 4.65. The van der Waals surface area contributed by atoms with E-state index in [1.54, 1.807) is 18.2 Å². The van der Waals surface area contributed by atoms with E-state index in [1.807, 2.05) is 29.2 Å². The van der Waals surface area contributed by atoms with Crippen molar-refractivity contribution >= 4 is 52.1 Å². The zero-order chi connectivity index (χ0) is 39.7. The Kier molecular flexibility index (Phi) is 11.3. The minimum Gasteiger partial charge on any atom is -0.374 e. The van der Waals surface area contributed by atoms with E-state index < -0.39 is 6.04 Å². The second kappa shape index (κ2) is 16.5. The van der Waals surface area contributed by atoms with Gasteiger partial charge >= 0.3 is 0 Å². The second-order valence-corrected chi connectivity index (χ2v) is 17.2. The molecular weight excluding hydrogens is 743 g/mol. The number of nitrogens with zero attached hydrogens (tertiary/aromatic N) is 6. The van der Waals surface area contributed by atoms with Gasteiger partial charge < -0.3 is 24.9 Å². The molecule has 5 heterocycles. The van der Waals surface area contributed by atoms with Gasteiger partial charge in [-0.2, -0.15) is 5.26 Å². The van der Waals surface area contributed by atoms with Crippen molar-refractivity contribution in [3.63, 3.8) is 0 Å². The summed E-state index contributed by atoms with van der Waals surface area (Å²) < 4.78 is 15.7. The van der Waals surface area contributed by atoms with Crippen LogP contribution < -0.4 is 25.3 Å². The van der Waals surface area contributed by atoms with Gasteiger partial charge in [-0.05, 0) is 111 Å². The quantitative estimate of drug-likeness (QED) is 0.260. The Morgan fingerprint density at radius 1 is 0.930 bits per heavy atom. The van der Waals surface area contributed by atoms with Crippen molar-refractivity contribution in [2.75, 3.05) is 85.5 Å². The van der Waals surface area contributed by atoms with Crippen LogP contribution in [-0.2, 0) is 9.59 Å². The third kappa shape index (κ3) is 8.56. The van der Waals surface area contributed by atoms with Crippen molar-refractivity contribution in [3.8, 4) is 6.07 Å². The standard InChI is InChI=1S/C44H52ClFN8O3/c1-30-26-44(29-54(30)36-7-5-33(27-47)37(45)25-36)13-17-52(18-14-44)40-9-6-32(23-38(40)46)43(57)53-15-11-31(12-16-53)28-50-19-21-51(22-20-50)35-4-2-3-34(24-35)48-39-8-10-41(55)49-42(39)56/h2-7,9,23-25,30-31,39,48H,8,10-22,26,28-29H2,1H3,(H,49,55,56)/t30-,39?/m0/s1. The third-order valence-corrected chi connectivity index (χ3v) is 13.4. The van der Waals surface area contributed by atoms with Crippen LogP contribution in [0.25, 0.3) is 0 Å². The number of nitriles is 1. The Labute approximate surface area is 339 Å². The highest BCUT2D eigenvalue weighted by atomic mass is 35.5. The fraction of sp³-hybridized carbons (Fsp3) is 0.500. The lowest BCUT2D eigenvalue weighted by molar-refractivity contribution is -0.133. The van der Waals surface area contributed by atoms with Gasteiger partial charge in [-0.1, -0.05) is 17.7 Å². The first-order valence-corrected chi connectivity index (χ1v) is 20.9. The summed E-state index contributed by atoms with van der Waals surface area (Å²) in [7, 11) is 0. The van der Waals surface area contributed by atoms with Gasteiger partial charge in [0.2, 0.25) is 11.8 Å². The van der Waals surface area contributed by atoms with Crippen molar-refractivity contribution in [2.24, 2.45) is 11.3 Å². The first kappa shape index (κ1) is 39.0. The summed E-state index contributed by atoms with van der Waals surface area (Å²) in [6, 6.07) is 20.9. The van der Waals surface area contributed by atoms with E-state index in [2.05, 4.69) is 55.4 Å². The Bertz CT molecular complexity index is 2030. The summed E-state index contributed by atoms with van der Waals surface area (Å²) in [5.74, 6) is -0.405. The molecule has 1 unspecified atom stereocenters. The monoisotopic (exact) mass is 794 g/mol. The number of nitrogens with one attached hydrogen (secondary N) is 2. The number of anilines is 4. The Morgan fingerprint density at radius 3 is 2.40 bits per heavy atom. The van der Waals surface area contributed by atoms with Gasteiger partial charge in [0.15, 0.2) is 0 Å². The lowest BCUT2D eigenvalue weighted by Crippen LogP contribution is -2.49. The normalized spacial score (nSPS) is 23.1. The molecule has 3 aromatic carbocycles. The molecule has 5 saturated heterocycles. The van der Waals surface area contributed by atoms with Gasteiger partial charge in [-0.15, -0.1) is 0 Å². The van der Waals surface area contributed by atoms with Gasteiger partial charge in [0.25, 0.3) is 5.91 Å². The molecule has 0 radical (unpaired) electrons. The Hall–Kier alpha value is -4.86. The number of piperazine rings is 1. The fourth-order valence-electron chi connectivity index (χ4n) is 9.80. The maximum atomic E-state index is 15.7. The van der Waals surface area contributed by atoms with E-state index in [0.717, 1.165) is 102 Å². The first-order valence-electron chi connectivity index (χ1n) is 20.5. The van der Waals surface area contributed by atoms with Crippen molar-refractivity contribution in [3.05, 3.63) is 82.6 Å². The molecule has 8 rings (SSSR count). The van der Waals surface area contributed by atoms with E-state index in [1.165, 1.54) is 6.07 Å². The fourth-order valence-corrected chi connectivity index (χ4v) is 10.0. The van der Waals surface area contributed by atoms with Crippen LogP contribution in [-0.4, -0.2) is 105 Å². The predicted octanol–water partition coefficient (Wildman–Crippen LogP) is 6.13. The number of rotatable bonds is 8. The van der Waals surface area contributed by atoms with Crippen LogP contribution in [0.15, 0.2) is 60.7 Å². The lowest BCUT2D eigenvalue weighted by atomic mass is 9.76. The molecule has 0 aromatic heterocycles. The maximum Gasteiger partial charge on any atom is 0.253 e. The molecule has 0 aliphatic carbocycles. The number of carbonyl (C=O) groups excluding carboxylic acids is 3. The smallest absolute Gasteiger partial charge is 0.253 e. The van der Waals surface area contributed by atoms with Crippen LogP contribution in [0, 0.1) is 28.5 Å². The van der Waals surface area contributed by atoms with E-state index in [4.69, 9.17) is 11.6 Å². The zero-order valence-corrected chi connectivity index (χ0v) is 33.4. The average Bonchev–Trinajstić information content (AvgIpc) is 3.54. The molecule has 13 heteroatoms. The SMILES string of the molecule is C[C@H]1CC2(CCN(c3ccc(C(=O)N4CCC(CN5CCN(c6cccc(NC7CCC(=O)NC7=O)c6)CC5)CC4)cc3F)CC2)CN1c1ccc(C#N)c(Cl)c1. The molecule has 5 fully saturated rings. The molecule has 3 aromatic rings. The highest BCUT2D eigenvalue weighted by Crippen LogP contribution is 2.46. The number of hydrogen-bond donors (Lipinski definition) is 2. The van der Waals surface area contributed by atoms with Crippen LogP contribution in [0.4, 0.5) is 27.1 Å². The predicted molar refractivity (Wildman–Crippen MR) is 221 cm³/mol. The van der Waals surface area contributed by atoms with E-state index >= 15 is 4.39 Å². The number of benzene rings is 3.